The van der Waals surface area contributed by atoms with E-state index in [4.69, 9.17) is 0 Å². The molecule has 0 saturated carbocycles. The summed E-state index contributed by atoms with van der Waals surface area (Å²) in [5.41, 5.74) is 0.275. The molecule has 24 heavy (non-hydrogen) atoms. The minimum atomic E-state index is -0.749. The number of benzene rings is 1. The second kappa shape index (κ2) is 6.03. The molecule has 0 fully saturated rings. The Hall–Kier alpha value is -2.77. The van der Waals surface area contributed by atoms with Crippen LogP contribution in [0.4, 0.5) is 0 Å². The van der Waals surface area contributed by atoms with Crippen LogP contribution in [-0.2, 0) is 0 Å². The number of imidazole rings is 1. The molecule has 1 amide bonds. The molecule has 4 aromatic rings. The Labute approximate surface area is 141 Å². The van der Waals surface area contributed by atoms with Gasteiger partial charge in [-0.05, 0) is 23.6 Å². The second-order valence-corrected chi connectivity index (χ2v) is 6.48. The van der Waals surface area contributed by atoms with Crippen LogP contribution in [0, 0.1) is 0 Å². The molecular weight excluding hydrogens is 324 g/mol. The molecule has 0 aliphatic rings. The molecule has 3 heterocycles. The summed E-state index contributed by atoms with van der Waals surface area (Å²) < 4.78 is 2.79. The summed E-state index contributed by atoms with van der Waals surface area (Å²) in [5.74, 6) is 0.133. The maximum Gasteiger partial charge on any atom is 0.271 e. The van der Waals surface area contributed by atoms with Crippen molar-refractivity contribution >= 4 is 33.1 Å². The van der Waals surface area contributed by atoms with Gasteiger partial charge in [-0.15, -0.1) is 11.3 Å². The lowest BCUT2D eigenvalue weighted by Gasteiger charge is -2.08. The summed E-state index contributed by atoms with van der Waals surface area (Å²) in [5, 5.41) is 14.1. The molecule has 3 aromatic heterocycles. The van der Waals surface area contributed by atoms with E-state index in [1.807, 2.05) is 30.3 Å². The van der Waals surface area contributed by atoms with Crippen LogP contribution in [0.25, 0.3) is 15.9 Å². The first-order valence-corrected chi connectivity index (χ1v) is 8.27. The van der Waals surface area contributed by atoms with Crippen LogP contribution in [-0.4, -0.2) is 31.9 Å². The second-order valence-electron chi connectivity index (χ2n) is 5.37. The molecule has 7 heteroatoms. The predicted molar refractivity (Wildman–Crippen MR) is 92.1 cm³/mol. The smallest absolute Gasteiger partial charge is 0.271 e. The predicted octanol–water partition coefficient (Wildman–Crippen LogP) is 2.41. The van der Waals surface area contributed by atoms with Gasteiger partial charge in [0.1, 0.15) is 11.8 Å². The Kier molecular flexibility index (Phi) is 3.72. The third kappa shape index (κ3) is 2.75. The summed E-state index contributed by atoms with van der Waals surface area (Å²) in [7, 11) is 0. The third-order valence-electron chi connectivity index (χ3n) is 3.70. The van der Waals surface area contributed by atoms with E-state index in [9.17, 15) is 9.90 Å². The number of rotatable bonds is 4. The fourth-order valence-electron chi connectivity index (χ4n) is 2.49. The van der Waals surface area contributed by atoms with E-state index in [1.165, 1.54) is 11.3 Å². The molecule has 1 atom stereocenters. The van der Waals surface area contributed by atoms with Crippen molar-refractivity contribution in [3.8, 4) is 0 Å². The quantitative estimate of drug-likeness (QED) is 0.599. The van der Waals surface area contributed by atoms with Gasteiger partial charge >= 0.3 is 0 Å². The molecule has 1 unspecified atom stereocenters. The molecule has 120 valence electrons. The molecule has 0 spiro atoms. The number of nitrogens with one attached hydrogen (secondary N) is 1. The van der Waals surface area contributed by atoms with E-state index in [0.717, 1.165) is 15.0 Å². The topological polar surface area (TPSA) is 79.5 Å². The minimum absolute atomic E-state index is 0.132. The van der Waals surface area contributed by atoms with Gasteiger partial charge in [0.25, 0.3) is 5.91 Å². The first kappa shape index (κ1) is 14.8. The zero-order valence-corrected chi connectivity index (χ0v) is 13.4. The number of hydrogen-bond acceptors (Lipinski definition) is 5. The highest BCUT2D eigenvalue weighted by Crippen LogP contribution is 2.29. The van der Waals surface area contributed by atoms with Crippen molar-refractivity contribution in [3.63, 3.8) is 0 Å². The monoisotopic (exact) mass is 338 g/mol. The zero-order valence-electron chi connectivity index (χ0n) is 12.6. The van der Waals surface area contributed by atoms with Crippen LogP contribution in [0.5, 0.6) is 0 Å². The maximum absolute atomic E-state index is 12.2. The lowest BCUT2D eigenvalue weighted by atomic mass is 10.2. The van der Waals surface area contributed by atoms with Gasteiger partial charge in [0.05, 0.1) is 0 Å². The molecule has 0 radical (unpaired) electrons. The van der Waals surface area contributed by atoms with E-state index >= 15 is 0 Å². The Balaban J connectivity index is 1.46. The number of thiophene rings is 1. The summed E-state index contributed by atoms with van der Waals surface area (Å²) in [6, 6.07) is 11.7. The Bertz CT molecular complexity index is 957. The molecule has 1 aromatic carbocycles. The fourth-order valence-corrected chi connectivity index (χ4v) is 3.54. The molecular formula is C17H14N4O2S. The number of carbonyl (C=O) groups excluding carboxylic acids is 1. The SMILES string of the molecule is O=C(NCC(O)c1cc2ccccc2s1)c1cn2cccnc2n1. The van der Waals surface area contributed by atoms with Gasteiger partial charge in [-0.1, -0.05) is 18.2 Å². The van der Waals surface area contributed by atoms with E-state index < -0.39 is 6.10 Å². The summed E-state index contributed by atoms with van der Waals surface area (Å²) >= 11 is 1.53. The van der Waals surface area contributed by atoms with Gasteiger partial charge < -0.3 is 10.4 Å². The molecule has 0 saturated heterocycles. The van der Waals surface area contributed by atoms with Crippen molar-refractivity contribution in [1.82, 2.24) is 19.7 Å². The average molecular weight is 338 g/mol. The highest BCUT2D eigenvalue weighted by molar-refractivity contribution is 7.19. The number of amides is 1. The van der Waals surface area contributed by atoms with E-state index in [2.05, 4.69) is 15.3 Å². The highest BCUT2D eigenvalue weighted by Gasteiger charge is 2.15. The number of aliphatic hydroxyl groups excluding tert-OH is 1. The number of aromatic nitrogens is 3. The largest absolute Gasteiger partial charge is 0.386 e. The standard InChI is InChI=1S/C17H14N4O2S/c22-13(15-8-11-4-1-2-5-14(11)24-15)9-19-16(23)12-10-21-7-3-6-18-17(21)20-12/h1-8,10,13,22H,9H2,(H,19,23). The van der Waals surface area contributed by atoms with Crippen LogP contribution in [0.2, 0.25) is 0 Å². The highest BCUT2D eigenvalue weighted by atomic mass is 32.1. The molecule has 2 N–H and O–H groups in total. The lowest BCUT2D eigenvalue weighted by molar-refractivity contribution is 0.0913. The summed E-state index contributed by atoms with van der Waals surface area (Å²) in [6.45, 7) is 0.132. The van der Waals surface area contributed by atoms with Crippen molar-refractivity contribution in [2.75, 3.05) is 6.54 Å². The van der Waals surface area contributed by atoms with Gasteiger partial charge in [-0.3, -0.25) is 9.20 Å². The Morgan fingerprint density at radius 3 is 3.04 bits per heavy atom. The van der Waals surface area contributed by atoms with Crippen molar-refractivity contribution in [2.24, 2.45) is 0 Å². The maximum atomic E-state index is 12.2. The van der Waals surface area contributed by atoms with E-state index in [1.54, 1.807) is 29.1 Å². The van der Waals surface area contributed by atoms with Crippen LogP contribution in [0.3, 0.4) is 0 Å². The normalized spacial score (nSPS) is 12.5. The number of aliphatic hydroxyl groups is 1. The number of fused-ring (bicyclic) bond motifs is 2. The fraction of sp³-hybridized carbons (Fsp3) is 0.118. The molecule has 4 rings (SSSR count). The molecule has 0 bridgehead atoms. The van der Waals surface area contributed by atoms with Crippen LogP contribution < -0.4 is 5.32 Å². The van der Waals surface area contributed by atoms with E-state index in [0.29, 0.717) is 5.78 Å². The van der Waals surface area contributed by atoms with Crippen molar-refractivity contribution in [1.29, 1.82) is 0 Å². The minimum Gasteiger partial charge on any atom is -0.386 e. The first-order valence-electron chi connectivity index (χ1n) is 7.45. The Morgan fingerprint density at radius 2 is 2.21 bits per heavy atom. The van der Waals surface area contributed by atoms with Gasteiger partial charge in [0.2, 0.25) is 5.78 Å². The van der Waals surface area contributed by atoms with Gasteiger partial charge in [0.15, 0.2) is 0 Å². The van der Waals surface area contributed by atoms with Crippen LogP contribution in [0.15, 0.2) is 55.0 Å². The third-order valence-corrected chi connectivity index (χ3v) is 4.91. The summed E-state index contributed by atoms with van der Waals surface area (Å²) in [6.07, 6.45) is 4.26. The van der Waals surface area contributed by atoms with E-state index in [-0.39, 0.29) is 18.1 Å². The van der Waals surface area contributed by atoms with Gasteiger partial charge in [-0.2, -0.15) is 0 Å². The lowest BCUT2D eigenvalue weighted by Crippen LogP contribution is -2.28. The van der Waals surface area contributed by atoms with Crippen LogP contribution >= 0.6 is 11.3 Å². The summed E-state index contributed by atoms with van der Waals surface area (Å²) in [4.78, 5) is 21.3. The van der Waals surface area contributed by atoms with Crippen molar-refractivity contribution < 1.29 is 9.90 Å². The molecule has 0 aliphatic heterocycles. The first-order chi connectivity index (χ1) is 11.7. The number of hydrogen-bond donors (Lipinski definition) is 2. The molecule has 6 nitrogen and oxygen atoms in total. The molecule has 0 aliphatic carbocycles. The van der Waals surface area contributed by atoms with Gasteiger partial charge in [0, 0.05) is 34.7 Å². The van der Waals surface area contributed by atoms with Gasteiger partial charge in [-0.25, -0.2) is 9.97 Å². The van der Waals surface area contributed by atoms with Crippen molar-refractivity contribution in [3.05, 3.63) is 65.6 Å². The average Bonchev–Trinajstić information content (AvgIpc) is 3.23. The number of nitrogens with zero attached hydrogens (tertiary/aromatic N) is 3. The number of carbonyl (C=O) groups is 1. The Morgan fingerprint density at radius 1 is 1.33 bits per heavy atom. The zero-order chi connectivity index (χ0) is 16.5. The van der Waals surface area contributed by atoms with Crippen molar-refractivity contribution in [2.45, 2.75) is 6.10 Å². The van der Waals surface area contributed by atoms with Crippen LogP contribution in [0.1, 0.15) is 21.5 Å².